The van der Waals surface area contributed by atoms with Crippen LogP contribution in [-0.2, 0) is 33.2 Å². The molecule has 0 rings (SSSR count). The van der Waals surface area contributed by atoms with Crippen LogP contribution in [0.3, 0.4) is 0 Å². The second-order valence-corrected chi connectivity index (χ2v) is 6.79. The van der Waals surface area contributed by atoms with Crippen molar-refractivity contribution in [1.29, 1.82) is 0 Å². The topological polar surface area (TPSA) is 64.6 Å². The van der Waals surface area contributed by atoms with Gasteiger partial charge in [0.15, 0.2) is 0 Å². The van der Waals surface area contributed by atoms with Gasteiger partial charge in [-0.1, -0.05) is 45.4 Å². The van der Waals surface area contributed by atoms with E-state index in [2.05, 4.69) is 6.92 Å². The Kier molecular flexibility index (Phi) is 27.5. The third kappa shape index (κ3) is 27.7. The van der Waals surface area contributed by atoms with Gasteiger partial charge in [-0.2, -0.15) is 0 Å². The molecule has 0 aromatic heterocycles. The van der Waals surface area contributed by atoms with E-state index < -0.39 is 0 Å². The van der Waals surface area contributed by atoms with Gasteiger partial charge in [0.25, 0.3) is 0 Å². The van der Waals surface area contributed by atoms with Gasteiger partial charge in [-0.05, 0) is 6.42 Å². The maximum absolute atomic E-state index is 5.57. The van der Waals surface area contributed by atoms with Crippen LogP contribution in [0, 0.1) is 0 Å². The van der Waals surface area contributed by atoms with Gasteiger partial charge >= 0.3 is 0 Å². The smallest absolute Gasteiger partial charge is 0.0701 e. The fraction of sp³-hybridized carbons (Fsp3) is 1.00. The molecule has 7 nitrogen and oxygen atoms in total. The first-order valence-corrected chi connectivity index (χ1v) is 11.4. The molecule has 0 N–H and O–H groups in total. The summed E-state index contributed by atoms with van der Waals surface area (Å²) in [5.74, 6) is 0. The van der Waals surface area contributed by atoms with Crippen LogP contribution in [0.4, 0.5) is 0 Å². The minimum atomic E-state index is 0.564. The fourth-order valence-corrected chi connectivity index (χ4v) is 2.51. The highest BCUT2D eigenvalue weighted by Gasteiger charge is 1.95. The van der Waals surface area contributed by atoms with Gasteiger partial charge in [-0.25, -0.2) is 0 Å². The van der Waals surface area contributed by atoms with Crippen molar-refractivity contribution in [1.82, 2.24) is 0 Å². The third-order valence-corrected chi connectivity index (χ3v) is 4.18. The second kappa shape index (κ2) is 27.7. The second-order valence-electron chi connectivity index (χ2n) is 6.79. The predicted molar refractivity (Wildman–Crippen MR) is 115 cm³/mol. The highest BCUT2D eigenvalue weighted by molar-refractivity contribution is 4.45. The molecule has 0 unspecified atom stereocenters. The van der Waals surface area contributed by atoms with Crippen LogP contribution >= 0.6 is 0 Å². The Balaban J connectivity index is 2.97. The predicted octanol–water partition coefficient (Wildman–Crippen LogP) is 3.48. The standard InChI is InChI=1S/C22H46O7/c1-3-4-5-6-7-8-9-10-24-13-14-26-17-18-28-21-22-29-20-19-27-16-15-25-12-11-23-2/h3-22H2,1-2H3. The highest BCUT2D eigenvalue weighted by atomic mass is 16.6. The summed E-state index contributed by atoms with van der Waals surface area (Å²) in [6.07, 6.45) is 9.17. The van der Waals surface area contributed by atoms with Crippen molar-refractivity contribution in [3.8, 4) is 0 Å². The summed E-state index contributed by atoms with van der Waals surface area (Å²) in [5.41, 5.74) is 0. The van der Waals surface area contributed by atoms with Crippen molar-refractivity contribution >= 4 is 0 Å². The van der Waals surface area contributed by atoms with Gasteiger partial charge in [0.05, 0.1) is 79.3 Å². The number of methoxy groups -OCH3 is 1. The van der Waals surface area contributed by atoms with Crippen LogP contribution in [0.1, 0.15) is 51.9 Å². The lowest BCUT2D eigenvalue weighted by atomic mass is 10.1. The molecule has 0 fully saturated rings. The normalized spacial score (nSPS) is 11.4. The molecule has 29 heavy (non-hydrogen) atoms. The number of ether oxygens (including phenoxy) is 7. The van der Waals surface area contributed by atoms with E-state index in [1.807, 2.05) is 0 Å². The quantitative estimate of drug-likeness (QED) is 0.198. The van der Waals surface area contributed by atoms with Crippen LogP contribution in [0.5, 0.6) is 0 Å². The molecule has 0 aliphatic rings. The molecule has 0 atom stereocenters. The number of rotatable bonds is 26. The average molecular weight is 423 g/mol. The Morgan fingerprint density at radius 1 is 0.345 bits per heavy atom. The molecule has 0 amide bonds. The molecule has 0 saturated carbocycles. The molecule has 0 spiro atoms. The first-order valence-electron chi connectivity index (χ1n) is 11.4. The highest BCUT2D eigenvalue weighted by Crippen LogP contribution is 2.06. The lowest BCUT2D eigenvalue weighted by molar-refractivity contribution is -0.0191. The summed E-state index contributed by atoms with van der Waals surface area (Å²) in [4.78, 5) is 0. The molecule has 0 radical (unpaired) electrons. The van der Waals surface area contributed by atoms with E-state index in [4.69, 9.17) is 33.2 Å². The fourth-order valence-electron chi connectivity index (χ4n) is 2.51. The van der Waals surface area contributed by atoms with Crippen LogP contribution in [0.2, 0.25) is 0 Å². The molecule has 0 saturated heterocycles. The summed E-state index contributed by atoms with van der Waals surface area (Å²) in [7, 11) is 1.66. The van der Waals surface area contributed by atoms with Crippen molar-refractivity contribution in [2.45, 2.75) is 51.9 Å². The van der Waals surface area contributed by atoms with Crippen molar-refractivity contribution in [2.75, 3.05) is 93.0 Å². The van der Waals surface area contributed by atoms with Crippen molar-refractivity contribution in [2.24, 2.45) is 0 Å². The minimum absolute atomic E-state index is 0.564. The molecular weight excluding hydrogens is 376 g/mol. The average Bonchev–Trinajstić information content (AvgIpc) is 2.74. The van der Waals surface area contributed by atoms with Gasteiger partial charge in [0.2, 0.25) is 0 Å². The lowest BCUT2D eigenvalue weighted by Gasteiger charge is -2.08. The van der Waals surface area contributed by atoms with Crippen molar-refractivity contribution in [3.63, 3.8) is 0 Å². The summed E-state index contributed by atoms with van der Waals surface area (Å²) < 4.78 is 37.5. The summed E-state index contributed by atoms with van der Waals surface area (Å²) in [6.45, 7) is 10.2. The van der Waals surface area contributed by atoms with Gasteiger partial charge in [-0.15, -0.1) is 0 Å². The van der Waals surface area contributed by atoms with Gasteiger partial charge in [0, 0.05) is 13.7 Å². The Hall–Kier alpha value is -0.280. The summed E-state index contributed by atoms with van der Waals surface area (Å²) in [6, 6.07) is 0. The van der Waals surface area contributed by atoms with E-state index in [9.17, 15) is 0 Å². The summed E-state index contributed by atoms with van der Waals surface area (Å²) in [5, 5.41) is 0. The Morgan fingerprint density at radius 2 is 0.655 bits per heavy atom. The molecule has 0 aromatic carbocycles. The zero-order valence-electron chi connectivity index (χ0n) is 19.0. The van der Waals surface area contributed by atoms with Crippen molar-refractivity contribution in [3.05, 3.63) is 0 Å². The van der Waals surface area contributed by atoms with E-state index in [0.29, 0.717) is 79.3 Å². The molecule has 0 bridgehead atoms. The maximum atomic E-state index is 5.57. The first kappa shape index (κ1) is 28.7. The molecule has 0 aromatic rings. The van der Waals surface area contributed by atoms with E-state index >= 15 is 0 Å². The van der Waals surface area contributed by atoms with Crippen LogP contribution in [-0.4, -0.2) is 93.0 Å². The van der Waals surface area contributed by atoms with Crippen LogP contribution in [0.15, 0.2) is 0 Å². The SMILES string of the molecule is CCCCCCCCCOCCOCCOCCOCCOCCOCCOC. The van der Waals surface area contributed by atoms with Crippen molar-refractivity contribution < 1.29 is 33.2 Å². The van der Waals surface area contributed by atoms with E-state index in [0.717, 1.165) is 13.0 Å². The molecule has 0 aliphatic heterocycles. The molecule has 176 valence electrons. The molecule has 0 heterocycles. The number of hydrogen-bond donors (Lipinski definition) is 0. The number of hydrogen-bond acceptors (Lipinski definition) is 7. The van der Waals surface area contributed by atoms with E-state index in [1.165, 1.54) is 38.5 Å². The molecule has 7 heteroatoms. The molecular formula is C22H46O7. The van der Waals surface area contributed by atoms with Gasteiger partial charge in [0.1, 0.15) is 0 Å². The lowest BCUT2D eigenvalue weighted by Crippen LogP contribution is -2.14. The summed E-state index contributed by atoms with van der Waals surface area (Å²) >= 11 is 0. The monoisotopic (exact) mass is 422 g/mol. The Bertz CT molecular complexity index is 254. The Labute approximate surface area is 178 Å². The van der Waals surface area contributed by atoms with Gasteiger partial charge in [-0.3, -0.25) is 0 Å². The largest absolute Gasteiger partial charge is 0.382 e. The number of unbranched alkanes of at least 4 members (excludes halogenated alkanes) is 6. The van der Waals surface area contributed by atoms with Crippen LogP contribution < -0.4 is 0 Å². The van der Waals surface area contributed by atoms with Crippen LogP contribution in [0.25, 0.3) is 0 Å². The molecule has 0 aliphatic carbocycles. The minimum Gasteiger partial charge on any atom is -0.382 e. The third-order valence-electron chi connectivity index (χ3n) is 4.18. The maximum Gasteiger partial charge on any atom is 0.0701 e. The zero-order valence-corrected chi connectivity index (χ0v) is 19.0. The van der Waals surface area contributed by atoms with Gasteiger partial charge < -0.3 is 33.2 Å². The zero-order chi connectivity index (χ0) is 21.1. The first-order chi connectivity index (χ1) is 14.4. The van der Waals surface area contributed by atoms with E-state index in [-0.39, 0.29) is 0 Å². The van der Waals surface area contributed by atoms with E-state index in [1.54, 1.807) is 7.11 Å². The Morgan fingerprint density at radius 3 is 1.03 bits per heavy atom.